The molecule has 3 nitrogen and oxygen atoms in total. The summed E-state index contributed by atoms with van der Waals surface area (Å²) in [6.07, 6.45) is 0. The fourth-order valence-corrected chi connectivity index (χ4v) is 2.43. The highest BCUT2D eigenvalue weighted by atomic mass is 79.9. The van der Waals surface area contributed by atoms with Crippen LogP contribution in [-0.2, 0) is 6.54 Å². The van der Waals surface area contributed by atoms with Gasteiger partial charge in [0.2, 0.25) is 0 Å². The fourth-order valence-electron chi connectivity index (χ4n) is 1.69. The van der Waals surface area contributed by atoms with Gasteiger partial charge in [0.1, 0.15) is 11.8 Å². The van der Waals surface area contributed by atoms with Crippen LogP contribution in [0.5, 0.6) is 5.75 Å². The van der Waals surface area contributed by atoms with Crippen molar-refractivity contribution in [3.63, 3.8) is 0 Å². The van der Waals surface area contributed by atoms with Gasteiger partial charge in [-0.25, -0.2) is 0 Å². The van der Waals surface area contributed by atoms with Crippen molar-refractivity contribution in [2.24, 2.45) is 0 Å². The summed E-state index contributed by atoms with van der Waals surface area (Å²) in [6.45, 7) is 0.681. The van der Waals surface area contributed by atoms with E-state index in [4.69, 9.17) is 21.6 Å². The molecule has 0 fully saturated rings. The highest BCUT2D eigenvalue weighted by molar-refractivity contribution is 9.10. The normalized spacial score (nSPS) is 9.85. The first kappa shape index (κ1) is 14.7. The lowest BCUT2D eigenvalue weighted by Crippen LogP contribution is -2.01. The smallest absolute Gasteiger partial charge is 0.174 e. The Labute approximate surface area is 131 Å². The number of benzene rings is 2. The number of halogens is 2. The minimum atomic E-state index is 0.0510. The van der Waals surface area contributed by atoms with Gasteiger partial charge in [-0.1, -0.05) is 39.7 Å². The number of nitrogens with zero attached hydrogens (tertiary/aromatic N) is 1. The average Bonchev–Trinajstić information content (AvgIpc) is 2.45. The maximum atomic E-state index is 8.50. The summed E-state index contributed by atoms with van der Waals surface area (Å²) in [4.78, 5) is 0. The first-order valence-corrected chi connectivity index (χ1v) is 7.14. The molecule has 0 spiro atoms. The molecule has 0 saturated carbocycles. The maximum absolute atomic E-state index is 8.50. The van der Waals surface area contributed by atoms with Gasteiger partial charge in [0.25, 0.3) is 0 Å². The van der Waals surface area contributed by atoms with E-state index in [0.29, 0.717) is 17.3 Å². The maximum Gasteiger partial charge on any atom is 0.174 e. The van der Waals surface area contributed by atoms with Gasteiger partial charge in [0.05, 0.1) is 10.7 Å². The topological polar surface area (TPSA) is 45.0 Å². The predicted octanol–water partition coefficient (Wildman–Crippen LogP) is 4.62. The Morgan fingerprint density at radius 3 is 2.85 bits per heavy atom. The number of hydrogen-bond donors (Lipinski definition) is 1. The number of hydrogen-bond acceptors (Lipinski definition) is 3. The zero-order valence-corrected chi connectivity index (χ0v) is 12.9. The third-order valence-corrected chi connectivity index (χ3v) is 3.42. The zero-order valence-electron chi connectivity index (χ0n) is 10.6. The number of ether oxygens (including phenoxy) is 1. The Balaban J connectivity index is 2.01. The van der Waals surface area contributed by atoms with Crippen LogP contribution in [-0.4, -0.2) is 6.61 Å². The van der Waals surface area contributed by atoms with E-state index in [1.165, 1.54) is 0 Å². The van der Waals surface area contributed by atoms with Crippen LogP contribution in [0.15, 0.2) is 46.9 Å². The summed E-state index contributed by atoms with van der Waals surface area (Å²) in [5.41, 5.74) is 1.93. The SMILES string of the molecule is N#CCOc1cccc(CNc2ccc(Br)cc2Cl)c1. The molecule has 0 amide bonds. The van der Waals surface area contributed by atoms with Crippen molar-refractivity contribution in [1.29, 1.82) is 5.26 Å². The molecule has 0 aliphatic rings. The van der Waals surface area contributed by atoms with Crippen molar-refractivity contribution < 1.29 is 4.74 Å². The molecule has 0 radical (unpaired) electrons. The molecular weight excluding hydrogens is 340 g/mol. The number of rotatable bonds is 5. The average molecular weight is 352 g/mol. The molecule has 2 aromatic carbocycles. The van der Waals surface area contributed by atoms with E-state index in [1.807, 2.05) is 48.5 Å². The van der Waals surface area contributed by atoms with Crippen LogP contribution in [0.4, 0.5) is 5.69 Å². The lowest BCUT2D eigenvalue weighted by molar-refractivity contribution is 0.368. The van der Waals surface area contributed by atoms with Gasteiger partial charge >= 0.3 is 0 Å². The van der Waals surface area contributed by atoms with Crippen molar-refractivity contribution in [2.75, 3.05) is 11.9 Å². The summed E-state index contributed by atoms with van der Waals surface area (Å²) in [6, 6.07) is 15.2. The molecule has 2 aromatic rings. The van der Waals surface area contributed by atoms with Gasteiger partial charge < -0.3 is 10.1 Å². The van der Waals surface area contributed by atoms with Crippen LogP contribution in [0.1, 0.15) is 5.56 Å². The van der Waals surface area contributed by atoms with E-state index in [9.17, 15) is 0 Å². The Morgan fingerprint density at radius 2 is 2.10 bits per heavy atom. The molecule has 5 heteroatoms. The van der Waals surface area contributed by atoms with E-state index in [0.717, 1.165) is 15.7 Å². The second-order valence-electron chi connectivity index (χ2n) is 4.07. The van der Waals surface area contributed by atoms with Gasteiger partial charge in [0, 0.05) is 11.0 Å². The second-order valence-corrected chi connectivity index (χ2v) is 5.39. The van der Waals surface area contributed by atoms with Crippen molar-refractivity contribution in [3.8, 4) is 11.8 Å². The summed E-state index contributed by atoms with van der Waals surface area (Å²) < 4.78 is 6.21. The lowest BCUT2D eigenvalue weighted by Gasteiger charge is -2.10. The molecular formula is C15H12BrClN2O. The minimum Gasteiger partial charge on any atom is -0.479 e. The first-order valence-electron chi connectivity index (χ1n) is 5.96. The van der Waals surface area contributed by atoms with Gasteiger partial charge in [-0.2, -0.15) is 5.26 Å². The van der Waals surface area contributed by atoms with Crippen molar-refractivity contribution in [1.82, 2.24) is 0 Å². The predicted molar refractivity (Wildman–Crippen MR) is 84.0 cm³/mol. The van der Waals surface area contributed by atoms with Crippen LogP contribution < -0.4 is 10.1 Å². The molecule has 20 heavy (non-hydrogen) atoms. The van der Waals surface area contributed by atoms with Crippen LogP contribution >= 0.6 is 27.5 Å². The Hall–Kier alpha value is -1.70. The molecule has 0 heterocycles. The van der Waals surface area contributed by atoms with E-state index in [2.05, 4.69) is 21.2 Å². The Kier molecular flexibility index (Phi) is 5.28. The fraction of sp³-hybridized carbons (Fsp3) is 0.133. The third-order valence-electron chi connectivity index (χ3n) is 2.62. The Bertz CT molecular complexity index is 640. The van der Waals surface area contributed by atoms with E-state index in [-0.39, 0.29) is 6.61 Å². The summed E-state index contributed by atoms with van der Waals surface area (Å²) in [5, 5.41) is 12.4. The van der Waals surface area contributed by atoms with E-state index >= 15 is 0 Å². The van der Waals surface area contributed by atoms with Crippen molar-refractivity contribution >= 4 is 33.2 Å². The highest BCUT2D eigenvalue weighted by Gasteiger charge is 2.02. The van der Waals surface area contributed by atoms with Gasteiger partial charge in [-0.15, -0.1) is 0 Å². The molecule has 1 N–H and O–H groups in total. The second kappa shape index (κ2) is 7.18. The van der Waals surface area contributed by atoms with Crippen molar-refractivity contribution in [3.05, 3.63) is 57.5 Å². The minimum absolute atomic E-state index is 0.0510. The molecule has 0 bridgehead atoms. The first-order chi connectivity index (χ1) is 9.69. The molecule has 102 valence electrons. The van der Waals surface area contributed by atoms with Crippen LogP contribution in [0, 0.1) is 11.3 Å². The summed E-state index contributed by atoms with van der Waals surface area (Å²) in [5.74, 6) is 0.688. The molecule has 2 rings (SSSR count). The van der Waals surface area contributed by atoms with Gasteiger partial charge in [-0.05, 0) is 35.9 Å². The van der Waals surface area contributed by atoms with Gasteiger partial charge in [-0.3, -0.25) is 0 Å². The largest absolute Gasteiger partial charge is 0.479 e. The molecule has 0 atom stereocenters. The van der Waals surface area contributed by atoms with Crippen molar-refractivity contribution in [2.45, 2.75) is 6.54 Å². The van der Waals surface area contributed by atoms with Gasteiger partial charge in [0.15, 0.2) is 6.61 Å². The standard InChI is InChI=1S/C15H12BrClN2O/c16-12-4-5-15(14(17)9-12)19-10-11-2-1-3-13(8-11)20-7-6-18/h1-5,8-9,19H,7,10H2. The molecule has 0 aromatic heterocycles. The molecule has 0 aliphatic heterocycles. The zero-order chi connectivity index (χ0) is 14.4. The monoisotopic (exact) mass is 350 g/mol. The van der Waals surface area contributed by atoms with E-state index < -0.39 is 0 Å². The molecule has 0 aliphatic carbocycles. The molecule has 0 saturated heterocycles. The van der Waals surface area contributed by atoms with Crippen LogP contribution in [0.2, 0.25) is 5.02 Å². The van der Waals surface area contributed by atoms with Crippen LogP contribution in [0.3, 0.4) is 0 Å². The quantitative estimate of drug-likeness (QED) is 0.855. The third kappa shape index (κ3) is 4.16. The summed E-state index contributed by atoms with van der Waals surface area (Å²) in [7, 11) is 0. The lowest BCUT2D eigenvalue weighted by atomic mass is 10.2. The Morgan fingerprint density at radius 1 is 1.25 bits per heavy atom. The number of anilines is 1. The summed E-state index contributed by atoms with van der Waals surface area (Å²) >= 11 is 9.51. The number of nitrogens with one attached hydrogen (secondary N) is 1. The van der Waals surface area contributed by atoms with Crippen LogP contribution in [0.25, 0.3) is 0 Å². The van der Waals surface area contributed by atoms with E-state index in [1.54, 1.807) is 0 Å². The number of nitriles is 1. The highest BCUT2D eigenvalue weighted by Crippen LogP contribution is 2.26. The molecule has 0 unspecified atom stereocenters.